The Labute approximate surface area is 106 Å². The second-order valence-corrected chi connectivity index (χ2v) is 2.46. The van der Waals surface area contributed by atoms with Crippen LogP contribution in [0.4, 0.5) is 8.78 Å². The standard InChI is InChI=1S/C9H8F2O3.CH3I/c1-13-7-4-5(10)3-6(11)8(7)9(12)14-2;1-2/h3-4H,1-2H3;1H3. The number of hydrogen-bond donors (Lipinski definition) is 0. The largest absolute Gasteiger partial charge is 0.496 e. The third-order valence-corrected chi connectivity index (χ3v) is 1.63. The van der Waals surface area contributed by atoms with Crippen LogP contribution in [-0.2, 0) is 4.74 Å². The topological polar surface area (TPSA) is 35.5 Å². The van der Waals surface area contributed by atoms with Gasteiger partial charge >= 0.3 is 5.97 Å². The molecule has 0 N–H and O–H groups in total. The van der Waals surface area contributed by atoms with Crippen LogP contribution in [0.5, 0.6) is 5.75 Å². The molecular formula is C10H11F2IO3. The first kappa shape index (κ1) is 15.1. The molecule has 0 bridgehead atoms. The van der Waals surface area contributed by atoms with Gasteiger partial charge < -0.3 is 9.47 Å². The summed E-state index contributed by atoms with van der Waals surface area (Å²) in [6.07, 6.45) is 0. The van der Waals surface area contributed by atoms with Crippen molar-refractivity contribution in [1.82, 2.24) is 0 Å². The molecule has 0 heterocycles. The van der Waals surface area contributed by atoms with Gasteiger partial charge in [-0.2, -0.15) is 0 Å². The van der Waals surface area contributed by atoms with Gasteiger partial charge in [0.2, 0.25) is 0 Å². The summed E-state index contributed by atoms with van der Waals surface area (Å²) in [5, 5.41) is 0. The van der Waals surface area contributed by atoms with Crippen LogP contribution in [-0.4, -0.2) is 25.1 Å². The van der Waals surface area contributed by atoms with Gasteiger partial charge in [0, 0.05) is 12.1 Å². The molecule has 0 radical (unpaired) electrons. The number of hydrogen-bond acceptors (Lipinski definition) is 3. The van der Waals surface area contributed by atoms with E-state index in [2.05, 4.69) is 32.1 Å². The molecule has 6 heteroatoms. The lowest BCUT2D eigenvalue weighted by Crippen LogP contribution is -2.07. The van der Waals surface area contributed by atoms with Crippen LogP contribution in [0.15, 0.2) is 12.1 Å². The van der Waals surface area contributed by atoms with Crippen molar-refractivity contribution in [3.63, 3.8) is 0 Å². The maximum absolute atomic E-state index is 13.1. The summed E-state index contributed by atoms with van der Waals surface area (Å²) in [4.78, 5) is 13.0. The number of carbonyl (C=O) groups excluding carboxylic acids is 1. The van der Waals surface area contributed by atoms with Crippen LogP contribution >= 0.6 is 22.6 Å². The predicted molar refractivity (Wildman–Crippen MR) is 64.2 cm³/mol. The number of alkyl halides is 1. The number of ether oxygens (including phenoxy) is 2. The first-order valence-electron chi connectivity index (χ1n) is 4.09. The first-order chi connectivity index (χ1) is 7.60. The monoisotopic (exact) mass is 344 g/mol. The summed E-state index contributed by atoms with van der Waals surface area (Å²) < 4.78 is 34.8. The Morgan fingerprint density at radius 3 is 2.25 bits per heavy atom. The summed E-state index contributed by atoms with van der Waals surface area (Å²) >= 11 is 2.15. The van der Waals surface area contributed by atoms with Gasteiger partial charge in [-0.05, 0) is 4.93 Å². The number of methoxy groups -OCH3 is 2. The van der Waals surface area contributed by atoms with Gasteiger partial charge in [0.25, 0.3) is 0 Å². The van der Waals surface area contributed by atoms with Crippen molar-refractivity contribution in [2.24, 2.45) is 0 Å². The van der Waals surface area contributed by atoms with Crippen LogP contribution in [0, 0.1) is 11.6 Å². The molecular weight excluding hydrogens is 333 g/mol. The molecule has 90 valence electrons. The fourth-order valence-corrected chi connectivity index (χ4v) is 1.01. The quantitative estimate of drug-likeness (QED) is 0.470. The molecule has 0 aliphatic heterocycles. The van der Waals surface area contributed by atoms with Gasteiger partial charge in [-0.1, -0.05) is 22.6 Å². The SMILES string of the molecule is CI.COC(=O)c1c(F)cc(F)cc1OC. The zero-order valence-electron chi connectivity index (χ0n) is 9.01. The van der Waals surface area contributed by atoms with E-state index in [1.807, 2.05) is 4.93 Å². The third-order valence-electron chi connectivity index (χ3n) is 1.63. The summed E-state index contributed by atoms with van der Waals surface area (Å²) in [6, 6.07) is 1.50. The van der Waals surface area contributed by atoms with E-state index in [1.54, 1.807) is 0 Å². The second-order valence-electron chi connectivity index (χ2n) is 2.46. The van der Waals surface area contributed by atoms with E-state index in [9.17, 15) is 13.6 Å². The summed E-state index contributed by atoms with van der Waals surface area (Å²) in [5.41, 5.74) is -0.406. The van der Waals surface area contributed by atoms with E-state index in [1.165, 1.54) is 7.11 Å². The molecule has 0 saturated heterocycles. The predicted octanol–water partition coefficient (Wildman–Crippen LogP) is 2.81. The summed E-state index contributed by atoms with van der Waals surface area (Å²) in [5.74, 6) is -2.91. The highest BCUT2D eigenvalue weighted by Crippen LogP contribution is 2.23. The first-order valence-corrected chi connectivity index (χ1v) is 6.25. The molecule has 3 nitrogen and oxygen atoms in total. The number of rotatable bonds is 2. The highest BCUT2D eigenvalue weighted by molar-refractivity contribution is 14.1. The van der Waals surface area contributed by atoms with Crippen molar-refractivity contribution in [1.29, 1.82) is 0 Å². The van der Waals surface area contributed by atoms with Crippen molar-refractivity contribution in [2.45, 2.75) is 0 Å². The Balaban J connectivity index is 0.00000106. The molecule has 0 amide bonds. The van der Waals surface area contributed by atoms with E-state index in [0.717, 1.165) is 13.2 Å². The fraction of sp³-hybridized carbons (Fsp3) is 0.300. The maximum Gasteiger partial charge on any atom is 0.344 e. The molecule has 16 heavy (non-hydrogen) atoms. The Hall–Kier alpha value is -0.920. The number of halogens is 3. The molecule has 0 fully saturated rings. The molecule has 0 saturated carbocycles. The Morgan fingerprint density at radius 1 is 1.25 bits per heavy atom. The lowest BCUT2D eigenvalue weighted by Gasteiger charge is -2.07. The Bertz CT molecular complexity index is 369. The molecule has 1 aromatic rings. The average Bonchev–Trinajstić information content (AvgIpc) is 2.29. The fourth-order valence-electron chi connectivity index (χ4n) is 1.01. The minimum Gasteiger partial charge on any atom is -0.496 e. The minimum atomic E-state index is -1.01. The lowest BCUT2D eigenvalue weighted by atomic mass is 10.2. The maximum atomic E-state index is 13.1. The van der Waals surface area contributed by atoms with Gasteiger partial charge in [0.1, 0.15) is 22.9 Å². The number of benzene rings is 1. The smallest absolute Gasteiger partial charge is 0.344 e. The van der Waals surface area contributed by atoms with Crippen LogP contribution in [0.1, 0.15) is 10.4 Å². The number of esters is 1. The zero-order valence-corrected chi connectivity index (χ0v) is 11.2. The molecule has 0 atom stereocenters. The summed E-state index contributed by atoms with van der Waals surface area (Å²) in [6.45, 7) is 0. The Morgan fingerprint density at radius 2 is 1.81 bits per heavy atom. The minimum absolute atomic E-state index is 0.186. The summed E-state index contributed by atoms with van der Waals surface area (Å²) in [7, 11) is 2.31. The van der Waals surface area contributed by atoms with Gasteiger partial charge in [-0.3, -0.25) is 0 Å². The lowest BCUT2D eigenvalue weighted by molar-refractivity contribution is 0.0591. The van der Waals surface area contributed by atoms with Gasteiger partial charge in [0.05, 0.1) is 14.2 Å². The molecule has 0 aliphatic carbocycles. The van der Waals surface area contributed by atoms with Crippen LogP contribution < -0.4 is 4.74 Å². The highest BCUT2D eigenvalue weighted by Gasteiger charge is 2.19. The van der Waals surface area contributed by atoms with Gasteiger partial charge in [0.15, 0.2) is 0 Å². The van der Waals surface area contributed by atoms with Crippen molar-refractivity contribution in [3.05, 3.63) is 29.3 Å². The molecule has 0 aliphatic rings. The second kappa shape index (κ2) is 7.37. The van der Waals surface area contributed by atoms with Crippen LogP contribution in [0.25, 0.3) is 0 Å². The van der Waals surface area contributed by atoms with E-state index in [-0.39, 0.29) is 5.75 Å². The number of carbonyl (C=O) groups is 1. The van der Waals surface area contributed by atoms with E-state index in [0.29, 0.717) is 6.07 Å². The van der Waals surface area contributed by atoms with Crippen LogP contribution in [0.3, 0.4) is 0 Å². The van der Waals surface area contributed by atoms with Gasteiger partial charge in [-0.15, -0.1) is 0 Å². The van der Waals surface area contributed by atoms with Gasteiger partial charge in [-0.25, -0.2) is 13.6 Å². The van der Waals surface area contributed by atoms with E-state index < -0.39 is 23.2 Å². The molecule has 1 rings (SSSR count). The molecule has 0 spiro atoms. The van der Waals surface area contributed by atoms with E-state index >= 15 is 0 Å². The molecule has 0 unspecified atom stereocenters. The Kier molecular flexibility index (Phi) is 6.95. The highest BCUT2D eigenvalue weighted by atomic mass is 127. The van der Waals surface area contributed by atoms with Crippen molar-refractivity contribution in [2.75, 3.05) is 19.2 Å². The van der Waals surface area contributed by atoms with Crippen LogP contribution in [0.2, 0.25) is 0 Å². The molecule has 1 aromatic carbocycles. The third kappa shape index (κ3) is 3.58. The normalized spacial score (nSPS) is 8.88. The van der Waals surface area contributed by atoms with E-state index in [4.69, 9.17) is 0 Å². The van der Waals surface area contributed by atoms with Crippen molar-refractivity contribution < 1.29 is 23.0 Å². The average molecular weight is 344 g/mol. The molecule has 0 aromatic heterocycles. The van der Waals surface area contributed by atoms with Crippen molar-refractivity contribution >= 4 is 28.6 Å². The zero-order chi connectivity index (χ0) is 12.7. The van der Waals surface area contributed by atoms with Crippen molar-refractivity contribution in [3.8, 4) is 5.75 Å².